The van der Waals surface area contributed by atoms with Gasteiger partial charge in [0.15, 0.2) is 0 Å². The molecule has 0 bridgehead atoms. The predicted molar refractivity (Wildman–Crippen MR) is 109 cm³/mol. The fourth-order valence-electron chi connectivity index (χ4n) is 2.67. The summed E-state index contributed by atoms with van der Waals surface area (Å²) < 4.78 is 31.5. The van der Waals surface area contributed by atoms with Gasteiger partial charge in [-0.25, -0.2) is 9.18 Å². The third-order valence-corrected chi connectivity index (χ3v) is 5.04. The molecule has 0 radical (unpaired) electrons. The van der Waals surface area contributed by atoms with E-state index in [4.69, 9.17) is 14.0 Å². The van der Waals surface area contributed by atoms with Gasteiger partial charge < -0.3 is 19.4 Å². The molecule has 154 valence electrons. The number of ether oxygens (including phenoxy) is 1. The monoisotopic (exact) mass is 391 g/mol. The van der Waals surface area contributed by atoms with Gasteiger partial charge in [-0.3, -0.25) is 0 Å². The lowest BCUT2D eigenvalue weighted by molar-refractivity contribution is 0.00578. The first-order valence-electron chi connectivity index (χ1n) is 9.50. The van der Waals surface area contributed by atoms with Crippen LogP contribution in [0.4, 0.5) is 9.18 Å². The molecule has 0 spiro atoms. The van der Waals surface area contributed by atoms with Crippen molar-refractivity contribution in [1.82, 2.24) is 5.32 Å². The number of hydrogen-bond donors (Lipinski definition) is 1. The van der Waals surface area contributed by atoms with Gasteiger partial charge in [-0.2, -0.15) is 0 Å². The molecule has 1 aliphatic heterocycles. The average Bonchev–Trinajstić information content (AvgIpc) is 2.74. The van der Waals surface area contributed by atoms with Crippen molar-refractivity contribution in [3.63, 3.8) is 0 Å². The number of carbonyl (C=O) groups is 1. The Morgan fingerprint density at radius 3 is 2.32 bits per heavy atom. The van der Waals surface area contributed by atoms with Crippen molar-refractivity contribution >= 4 is 19.3 Å². The Bertz CT molecular complexity index is 752. The van der Waals surface area contributed by atoms with Gasteiger partial charge >= 0.3 is 13.2 Å². The van der Waals surface area contributed by atoms with E-state index >= 15 is 0 Å². The molecular weight excluding hydrogens is 360 g/mol. The molecule has 1 heterocycles. The van der Waals surface area contributed by atoms with Gasteiger partial charge in [-0.15, -0.1) is 0 Å². The van der Waals surface area contributed by atoms with E-state index in [0.717, 1.165) is 0 Å². The fraction of sp³-hybridized carbons (Fsp3) is 0.571. The van der Waals surface area contributed by atoms with E-state index in [2.05, 4.69) is 5.32 Å². The van der Waals surface area contributed by atoms with Crippen molar-refractivity contribution in [1.29, 1.82) is 0 Å². The number of halogens is 1. The lowest BCUT2D eigenvalue weighted by Gasteiger charge is -2.32. The summed E-state index contributed by atoms with van der Waals surface area (Å²) in [5, 5.41) is 2.74. The molecular formula is C21H31BFNO4. The van der Waals surface area contributed by atoms with E-state index in [1.165, 1.54) is 6.07 Å². The fourth-order valence-corrected chi connectivity index (χ4v) is 2.67. The molecule has 0 saturated carbocycles. The first kappa shape index (κ1) is 22.4. The molecule has 0 atom stereocenters. The van der Waals surface area contributed by atoms with Crippen molar-refractivity contribution < 1.29 is 23.2 Å². The zero-order valence-electron chi connectivity index (χ0n) is 18.1. The zero-order chi connectivity index (χ0) is 21.3. The summed E-state index contributed by atoms with van der Waals surface area (Å²) >= 11 is 0. The molecule has 1 aromatic carbocycles. The van der Waals surface area contributed by atoms with E-state index in [-0.39, 0.29) is 12.4 Å². The third-order valence-electron chi connectivity index (χ3n) is 5.04. The molecule has 28 heavy (non-hydrogen) atoms. The summed E-state index contributed by atoms with van der Waals surface area (Å²) in [6.07, 6.45) is 1.27. The highest BCUT2D eigenvalue weighted by molar-refractivity contribution is 6.56. The minimum absolute atomic E-state index is 0.154. The topological polar surface area (TPSA) is 56.8 Å². The number of rotatable bonds is 4. The molecule has 0 unspecified atom stereocenters. The van der Waals surface area contributed by atoms with Crippen molar-refractivity contribution in [3.05, 3.63) is 40.6 Å². The molecule has 1 aliphatic rings. The Labute approximate surface area is 167 Å². The third kappa shape index (κ3) is 5.36. The lowest BCUT2D eigenvalue weighted by atomic mass is 9.76. The largest absolute Gasteiger partial charge is 0.492 e. The molecule has 1 fully saturated rings. The minimum Gasteiger partial charge on any atom is -0.444 e. The second-order valence-electron chi connectivity index (χ2n) is 9.12. The summed E-state index contributed by atoms with van der Waals surface area (Å²) in [5.74, 6) is -0.290. The second kappa shape index (κ2) is 7.87. The Morgan fingerprint density at radius 2 is 1.79 bits per heavy atom. The van der Waals surface area contributed by atoms with Crippen LogP contribution in [0.3, 0.4) is 0 Å². The number of alkyl carbamates (subject to hydrolysis) is 1. The highest BCUT2D eigenvalue weighted by Crippen LogP contribution is 2.38. The summed E-state index contributed by atoms with van der Waals surface area (Å²) in [6.45, 7) is 15.1. The number of nitrogens with one attached hydrogen (secondary N) is 1. The smallest absolute Gasteiger partial charge is 0.444 e. The molecule has 1 aromatic rings. The molecule has 1 N–H and O–H groups in total. The number of amides is 1. The standard InChI is InChI=1S/C21H31BFNO4/c1-14-15(10-9-11-17(14)23)12-16(13-24-18(25)26-19(2,3)4)22-27-20(5,6)21(7,8)28-22/h9-12H,13H2,1-8H3,(H,24,25). The predicted octanol–water partition coefficient (Wildman–Crippen LogP) is 4.67. The summed E-state index contributed by atoms with van der Waals surface area (Å²) in [4.78, 5) is 12.1. The molecule has 1 amide bonds. The number of hydrogen-bond acceptors (Lipinski definition) is 4. The maximum absolute atomic E-state index is 14.0. The molecule has 1 saturated heterocycles. The Hall–Kier alpha value is -1.86. The van der Waals surface area contributed by atoms with E-state index in [1.807, 2.05) is 33.8 Å². The summed E-state index contributed by atoms with van der Waals surface area (Å²) in [5.41, 5.74) is 0.249. The van der Waals surface area contributed by atoms with E-state index in [1.54, 1.807) is 39.8 Å². The Balaban J connectivity index is 2.30. The average molecular weight is 391 g/mol. The molecule has 2 rings (SSSR count). The quantitative estimate of drug-likeness (QED) is 0.758. The highest BCUT2D eigenvalue weighted by atomic mass is 19.1. The van der Waals surface area contributed by atoms with Crippen LogP contribution in [0, 0.1) is 12.7 Å². The second-order valence-corrected chi connectivity index (χ2v) is 9.12. The van der Waals surface area contributed by atoms with Crippen LogP contribution in [0.2, 0.25) is 0 Å². The van der Waals surface area contributed by atoms with Crippen molar-refractivity contribution in [3.8, 4) is 0 Å². The van der Waals surface area contributed by atoms with E-state index < -0.39 is 30.0 Å². The summed E-state index contributed by atoms with van der Waals surface area (Å²) in [7, 11) is -0.664. The van der Waals surface area contributed by atoms with E-state index in [9.17, 15) is 9.18 Å². The van der Waals surface area contributed by atoms with Crippen LogP contribution >= 0.6 is 0 Å². The van der Waals surface area contributed by atoms with Gasteiger partial charge in [0.25, 0.3) is 0 Å². The maximum atomic E-state index is 14.0. The van der Waals surface area contributed by atoms with Gasteiger partial charge in [-0.05, 0) is 78.1 Å². The Morgan fingerprint density at radius 1 is 1.21 bits per heavy atom. The van der Waals surface area contributed by atoms with Crippen LogP contribution in [-0.2, 0) is 14.0 Å². The lowest BCUT2D eigenvalue weighted by Crippen LogP contribution is -2.41. The van der Waals surface area contributed by atoms with Gasteiger partial charge in [0.2, 0.25) is 0 Å². The SMILES string of the molecule is Cc1c(F)cccc1C=C(CNC(=O)OC(C)(C)C)B1OC(C)(C)C(C)(C)O1. The van der Waals surface area contributed by atoms with E-state index in [0.29, 0.717) is 16.6 Å². The van der Waals surface area contributed by atoms with Gasteiger partial charge in [0.05, 0.1) is 11.2 Å². The first-order valence-corrected chi connectivity index (χ1v) is 9.50. The van der Waals surface area contributed by atoms with Crippen LogP contribution < -0.4 is 5.32 Å². The van der Waals surface area contributed by atoms with Crippen LogP contribution in [0.1, 0.15) is 59.6 Å². The zero-order valence-corrected chi connectivity index (χ0v) is 18.1. The normalized spacial score (nSPS) is 18.9. The Kier molecular flexibility index (Phi) is 6.31. The van der Waals surface area contributed by atoms with Crippen molar-refractivity contribution in [2.24, 2.45) is 0 Å². The number of benzene rings is 1. The van der Waals surface area contributed by atoms with Crippen LogP contribution in [0.25, 0.3) is 6.08 Å². The molecule has 5 nitrogen and oxygen atoms in total. The number of carbonyl (C=O) groups excluding carboxylic acids is 1. The first-order chi connectivity index (χ1) is 12.7. The van der Waals surface area contributed by atoms with Gasteiger partial charge in [0, 0.05) is 6.54 Å². The van der Waals surface area contributed by atoms with Crippen molar-refractivity contribution in [2.75, 3.05) is 6.54 Å². The van der Waals surface area contributed by atoms with Crippen LogP contribution in [-0.4, -0.2) is 36.6 Å². The maximum Gasteiger partial charge on any atom is 0.492 e. The molecule has 0 aliphatic carbocycles. The molecule has 0 aromatic heterocycles. The van der Waals surface area contributed by atoms with Crippen LogP contribution in [0.15, 0.2) is 23.7 Å². The summed E-state index contributed by atoms with van der Waals surface area (Å²) in [6, 6.07) is 4.88. The van der Waals surface area contributed by atoms with Crippen molar-refractivity contribution in [2.45, 2.75) is 72.2 Å². The van der Waals surface area contributed by atoms with Crippen LogP contribution in [0.5, 0.6) is 0 Å². The van der Waals surface area contributed by atoms with Gasteiger partial charge in [0.1, 0.15) is 11.4 Å². The van der Waals surface area contributed by atoms with Gasteiger partial charge in [-0.1, -0.05) is 18.2 Å². The minimum atomic E-state index is -0.664. The molecule has 7 heteroatoms. The highest BCUT2D eigenvalue weighted by Gasteiger charge is 2.52.